The highest BCUT2D eigenvalue weighted by Crippen LogP contribution is 2.30. The maximum atomic E-state index is 13.1. The Labute approximate surface area is 117 Å². The molecule has 0 radical (unpaired) electrons. The molecule has 2 nitrogen and oxygen atoms in total. The van der Waals surface area contributed by atoms with Gasteiger partial charge in [0.15, 0.2) is 0 Å². The number of aryl methyl sites for hydroxylation is 2. The van der Waals surface area contributed by atoms with Crippen molar-refractivity contribution in [3.05, 3.63) is 58.9 Å². The number of rotatable bonds is 3. The number of halogens is 1. The van der Waals surface area contributed by atoms with E-state index >= 15 is 0 Å². The molecule has 0 aliphatic heterocycles. The van der Waals surface area contributed by atoms with E-state index in [1.165, 1.54) is 36.1 Å². The monoisotopic (exact) mass is 272 g/mol. The van der Waals surface area contributed by atoms with Crippen molar-refractivity contribution in [1.29, 1.82) is 0 Å². The molecule has 1 N–H and O–H groups in total. The molecule has 0 heterocycles. The second-order valence-electron chi connectivity index (χ2n) is 5.15. The van der Waals surface area contributed by atoms with Gasteiger partial charge in [0.25, 0.3) is 0 Å². The maximum absolute atomic E-state index is 13.1. The highest BCUT2D eigenvalue weighted by Gasteiger charge is 2.11. The topological polar surface area (TPSA) is 29.5 Å². The van der Waals surface area contributed by atoms with Gasteiger partial charge in [0.1, 0.15) is 17.3 Å². The molecule has 20 heavy (non-hydrogen) atoms. The summed E-state index contributed by atoms with van der Waals surface area (Å²) in [7, 11) is 0. The molecule has 0 aromatic heterocycles. The van der Waals surface area contributed by atoms with Gasteiger partial charge in [-0.25, -0.2) is 4.39 Å². The van der Waals surface area contributed by atoms with Crippen LogP contribution < -0.4 is 4.74 Å². The molecule has 3 heteroatoms. The molecule has 0 bridgehead atoms. The van der Waals surface area contributed by atoms with Gasteiger partial charge in [0, 0.05) is 5.56 Å². The average molecular weight is 272 g/mol. The second-order valence-corrected chi connectivity index (χ2v) is 5.15. The first-order valence-electron chi connectivity index (χ1n) is 6.95. The molecule has 1 aliphatic carbocycles. The van der Waals surface area contributed by atoms with E-state index in [0.717, 1.165) is 18.6 Å². The maximum Gasteiger partial charge on any atom is 0.133 e. The fourth-order valence-corrected chi connectivity index (χ4v) is 2.67. The quantitative estimate of drug-likeness (QED) is 0.915. The Morgan fingerprint density at radius 1 is 1.00 bits per heavy atom. The van der Waals surface area contributed by atoms with Crippen LogP contribution in [-0.4, -0.2) is 5.11 Å². The summed E-state index contributed by atoms with van der Waals surface area (Å²) in [4.78, 5) is 0. The van der Waals surface area contributed by atoms with Crippen LogP contribution in [0.3, 0.4) is 0 Å². The van der Waals surface area contributed by atoms with Gasteiger partial charge in [-0.1, -0.05) is 6.07 Å². The minimum absolute atomic E-state index is 0.238. The minimum Gasteiger partial charge on any atom is -0.457 e. The van der Waals surface area contributed by atoms with Gasteiger partial charge < -0.3 is 9.84 Å². The standard InChI is InChI=1S/C17H17FO2/c18-15-6-8-17(14(9-15)11-19)20-16-7-5-12-3-1-2-4-13(12)10-16/h5-10,19H,1-4,11H2. The third-order valence-electron chi connectivity index (χ3n) is 3.74. The van der Waals surface area contributed by atoms with Gasteiger partial charge in [-0.2, -0.15) is 0 Å². The van der Waals surface area contributed by atoms with E-state index < -0.39 is 0 Å². The van der Waals surface area contributed by atoms with E-state index in [9.17, 15) is 9.50 Å². The molecule has 2 aromatic rings. The van der Waals surface area contributed by atoms with Crippen molar-refractivity contribution >= 4 is 0 Å². The van der Waals surface area contributed by atoms with Gasteiger partial charge in [-0.05, 0) is 67.1 Å². The first-order chi connectivity index (χ1) is 9.76. The van der Waals surface area contributed by atoms with E-state index in [4.69, 9.17) is 4.74 Å². The van der Waals surface area contributed by atoms with Crippen molar-refractivity contribution in [3.8, 4) is 11.5 Å². The molecule has 0 saturated heterocycles. The predicted molar refractivity (Wildman–Crippen MR) is 75.5 cm³/mol. The van der Waals surface area contributed by atoms with Gasteiger partial charge in [0.2, 0.25) is 0 Å². The summed E-state index contributed by atoms with van der Waals surface area (Å²) in [5, 5.41) is 9.27. The number of fused-ring (bicyclic) bond motifs is 1. The van der Waals surface area contributed by atoms with Gasteiger partial charge in [-0.15, -0.1) is 0 Å². The molecular weight excluding hydrogens is 255 g/mol. The summed E-state index contributed by atoms with van der Waals surface area (Å²) in [6.45, 7) is -0.238. The third-order valence-corrected chi connectivity index (χ3v) is 3.74. The van der Waals surface area contributed by atoms with Crippen molar-refractivity contribution < 1.29 is 14.2 Å². The SMILES string of the molecule is OCc1cc(F)ccc1Oc1ccc2c(c1)CCCC2. The summed E-state index contributed by atoms with van der Waals surface area (Å²) in [6.07, 6.45) is 4.69. The summed E-state index contributed by atoms with van der Waals surface area (Å²) in [5.74, 6) is 0.878. The van der Waals surface area contributed by atoms with Crippen molar-refractivity contribution in [1.82, 2.24) is 0 Å². The smallest absolute Gasteiger partial charge is 0.133 e. The zero-order valence-electron chi connectivity index (χ0n) is 11.2. The zero-order chi connectivity index (χ0) is 13.9. The Hall–Kier alpha value is -1.87. The van der Waals surface area contributed by atoms with Crippen molar-refractivity contribution in [2.45, 2.75) is 32.3 Å². The lowest BCUT2D eigenvalue weighted by Crippen LogP contribution is -2.02. The highest BCUT2D eigenvalue weighted by molar-refractivity contribution is 5.42. The van der Waals surface area contributed by atoms with Crippen LogP contribution in [0.5, 0.6) is 11.5 Å². The lowest BCUT2D eigenvalue weighted by atomic mass is 9.92. The molecule has 0 saturated carbocycles. The first kappa shape index (κ1) is 13.1. The van der Waals surface area contributed by atoms with Crippen LogP contribution in [0.25, 0.3) is 0 Å². The lowest BCUT2D eigenvalue weighted by Gasteiger charge is -2.17. The van der Waals surface area contributed by atoms with Crippen LogP contribution in [0.2, 0.25) is 0 Å². The number of hydrogen-bond donors (Lipinski definition) is 1. The van der Waals surface area contributed by atoms with Crippen LogP contribution in [-0.2, 0) is 19.4 Å². The second kappa shape index (κ2) is 5.63. The fourth-order valence-electron chi connectivity index (χ4n) is 2.67. The summed E-state index contributed by atoms with van der Waals surface area (Å²) < 4.78 is 18.9. The Kier molecular flexibility index (Phi) is 3.70. The van der Waals surface area contributed by atoms with Gasteiger partial charge >= 0.3 is 0 Å². The van der Waals surface area contributed by atoms with Crippen molar-refractivity contribution in [2.75, 3.05) is 0 Å². The Morgan fingerprint density at radius 2 is 1.80 bits per heavy atom. The molecule has 0 unspecified atom stereocenters. The number of aliphatic hydroxyl groups excluding tert-OH is 1. The van der Waals surface area contributed by atoms with Crippen LogP contribution in [0, 0.1) is 5.82 Å². The minimum atomic E-state index is -0.369. The van der Waals surface area contributed by atoms with Gasteiger partial charge in [0.05, 0.1) is 6.61 Å². The fraction of sp³-hybridized carbons (Fsp3) is 0.294. The predicted octanol–water partition coefficient (Wildman–Crippen LogP) is 3.99. The molecule has 1 aliphatic rings. The molecule has 0 spiro atoms. The van der Waals surface area contributed by atoms with Gasteiger partial charge in [-0.3, -0.25) is 0 Å². The summed E-state index contributed by atoms with van der Waals surface area (Å²) in [5.41, 5.74) is 3.19. The summed E-state index contributed by atoms with van der Waals surface area (Å²) in [6, 6.07) is 10.3. The van der Waals surface area contributed by atoms with Crippen LogP contribution in [0.15, 0.2) is 36.4 Å². The van der Waals surface area contributed by atoms with E-state index in [1.54, 1.807) is 6.07 Å². The van der Waals surface area contributed by atoms with Crippen LogP contribution in [0.4, 0.5) is 4.39 Å². The normalized spacial score (nSPS) is 13.9. The van der Waals surface area contributed by atoms with E-state index in [1.807, 2.05) is 6.07 Å². The molecule has 3 rings (SSSR count). The Morgan fingerprint density at radius 3 is 2.60 bits per heavy atom. The average Bonchev–Trinajstić information content (AvgIpc) is 2.49. The zero-order valence-corrected chi connectivity index (χ0v) is 11.2. The third kappa shape index (κ3) is 2.68. The molecule has 104 valence electrons. The molecule has 2 aromatic carbocycles. The number of ether oxygens (including phenoxy) is 1. The molecule has 0 amide bonds. The van der Waals surface area contributed by atoms with E-state index in [0.29, 0.717) is 11.3 Å². The Bertz CT molecular complexity index is 622. The van der Waals surface area contributed by atoms with E-state index in [2.05, 4.69) is 12.1 Å². The van der Waals surface area contributed by atoms with Crippen LogP contribution >= 0.6 is 0 Å². The van der Waals surface area contributed by atoms with E-state index in [-0.39, 0.29) is 12.4 Å². The number of benzene rings is 2. The molecular formula is C17H17FO2. The van der Waals surface area contributed by atoms with Crippen molar-refractivity contribution in [3.63, 3.8) is 0 Å². The largest absolute Gasteiger partial charge is 0.457 e. The van der Waals surface area contributed by atoms with Crippen LogP contribution in [0.1, 0.15) is 29.5 Å². The Balaban J connectivity index is 1.87. The summed E-state index contributed by atoms with van der Waals surface area (Å²) >= 11 is 0. The van der Waals surface area contributed by atoms with Crippen molar-refractivity contribution in [2.24, 2.45) is 0 Å². The number of aliphatic hydroxyl groups is 1. The first-order valence-corrected chi connectivity index (χ1v) is 6.95. The highest BCUT2D eigenvalue weighted by atomic mass is 19.1. The molecule has 0 fully saturated rings. The number of hydrogen-bond acceptors (Lipinski definition) is 2. The lowest BCUT2D eigenvalue weighted by molar-refractivity contribution is 0.275. The molecule has 0 atom stereocenters.